The van der Waals surface area contributed by atoms with Gasteiger partial charge in [-0.2, -0.15) is 23.4 Å². The van der Waals surface area contributed by atoms with Crippen molar-refractivity contribution in [3.63, 3.8) is 0 Å². The lowest BCUT2D eigenvalue weighted by atomic mass is 9.97. The molecule has 4 heterocycles. The smallest absolute Gasteiger partial charge is 0.363 e. The first-order chi connectivity index (χ1) is 14.3. The molecule has 30 heavy (non-hydrogen) atoms. The zero-order valence-corrected chi connectivity index (χ0v) is 16.4. The number of rotatable bonds is 2. The predicted octanol–water partition coefficient (Wildman–Crippen LogP) is 4.80. The number of fused-ring (bicyclic) bond motifs is 2. The first-order valence-electron chi connectivity index (χ1n) is 9.57. The van der Waals surface area contributed by atoms with Gasteiger partial charge in [0.25, 0.3) is 0 Å². The molecule has 1 aliphatic rings. The minimum Gasteiger partial charge on any atom is -0.363 e. The Bertz CT molecular complexity index is 1230. The van der Waals surface area contributed by atoms with Gasteiger partial charge in [-0.05, 0) is 18.4 Å². The number of benzene rings is 1. The highest BCUT2D eigenvalue weighted by Gasteiger charge is 2.47. The largest absolute Gasteiger partial charge is 0.410 e. The van der Waals surface area contributed by atoms with Crippen LogP contribution in [-0.2, 0) is 7.05 Å². The fraction of sp³-hybridized carbons (Fsp3) is 0.286. The number of aryl methyl sites for hydroxylation is 2. The average molecular weight is 412 g/mol. The fourth-order valence-corrected chi connectivity index (χ4v) is 4.21. The van der Waals surface area contributed by atoms with Crippen LogP contribution in [0.3, 0.4) is 0 Å². The molecule has 0 saturated carbocycles. The normalized spacial score (nSPS) is 19.0. The molecule has 0 radical (unpaired) electrons. The molecule has 0 aliphatic carbocycles. The van der Waals surface area contributed by atoms with Crippen molar-refractivity contribution >= 4 is 16.6 Å². The Kier molecular flexibility index (Phi) is 4.09. The summed E-state index contributed by atoms with van der Waals surface area (Å²) in [4.78, 5) is 4.12. The van der Waals surface area contributed by atoms with Gasteiger partial charge in [-0.1, -0.05) is 18.2 Å². The van der Waals surface area contributed by atoms with Crippen LogP contribution < -0.4 is 5.32 Å². The first kappa shape index (κ1) is 18.7. The van der Waals surface area contributed by atoms with Gasteiger partial charge in [0.2, 0.25) is 0 Å². The number of alkyl halides is 3. The number of halogens is 3. The van der Waals surface area contributed by atoms with E-state index < -0.39 is 18.3 Å². The summed E-state index contributed by atoms with van der Waals surface area (Å²) in [7, 11) is 1.76. The highest BCUT2D eigenvalue weighted by atomic mass is 19.4. The number of aromatic nitrogens is 5. The van der Waals surface area contributed by atoms with Crippen LogP contribution in [0.15, 0.2) is 48.9 Å². The quantitative estimate of drug-likeness (QED) is 0.514. The number of pyridine rings is 1. The summed E-state index contributed by atoms with van der Waals surface area (Å²) in [6.45, 7) is 1.81. The Morgan fingerprint density at radius 2 is 2.00 bits per heavy atom. The van der Waals surface area contributed by atoms with E-state index in [1.54, 1.807) is 43.3 Å². The zero-order valence-electron chi connectivity index (χ0n) is 16.4. The number of nitrogens with one attached hydrogen (secondary N) is 1. The van der Waals surface area contributed by atoms with Crippen LogP contribution in [0.5, 0.6) is 0 Å². The van der Waals surface area contributed by atoms with Crippen molar-refractivity contribution in [1.29, 1.82) is 0 Å². The van der Waals surface area contributed by atoms with Crippen molar-refractivity contribution < 1.29 is 13.2 Å². The number of anilines is 1. The van der Waals surface area contributed by atoms with Gasteiger partial charge in [-0.25, -0.2) is 4.68 Å². The van der Waals surface area contributed by atoms with E-state index in [0.717, 1.165) is 26.6 Å². The zero-order chi connectivity index (χ0) is 21.0. The molecule has 5 rings (SSSR count). The molecule has 6 nitrogen and oxygen atoms in total. The van der Waals surface area contributed by atoms with Crippen molar-refractivity contribution in [3.05, 3.63) is 60.2 Å². The van der Waals surface area contributed by atoms with Crippen molar-refractivity contribution in [2.45, 2.75) is 31.6 Å². The number of hydrogen-bond acceptors (Lipinski definition) is 4. The van der Waals surface area contributed by atoms with Crippen LogP contribution in [0.25, 0.3) is 22.0 Å². The van der Waals surface area contributed by atoms with Gasteiger partial charge in [-0.15, -0.1) is 0 Å². The molecule has 2 unspecified atom stereocenters. The molecule has 4 aromatic rings. The monoisotopic (exact) mass is 412 g/mol. The van der Waals surface area contributed by atoms with E-state index in [0.29, 0.717) is 17.2 Å². The summed E-state index contributed by atoms with van der Waals surface area (Å²) in [6, 6.07) is 6.95. The van der Waals surface area contributed by atoms with Crippen LogP contribution in [0.1, 0.15) is 29.8 Å². The molecular formula is C21H19F3N6. The third-order valence-corrected chi connectivity index (χ3v) is 5.57. The van der Waals surface area contributed by atoms with Crippen molar-refractivity contribution in [1.82, 2.24) is 24.5 Å². The van der Waals surface area contributed by atoms with Gasteiger partial charge >= 0.3 is 6.18 Å². The summed E-state index contributed by atoms with van der Waals surface area (Å²) in [5.41, 5.74) is 2.74. The van der Waals surface area contributed by atoms with E-state index in [1.165, 1.54) is 0 Å². The SMILES string of the molecule is Cc1nn(C)cc1C1CC(C(F)(F)F)n2nc(-c3cccc4cnccc34)cc2N1. The standard InChI is InChI=1S/C21H19F3N6/c1-12-16(11-29(2)27-12)17-8-19(21(22,23)24)30-20(26-17)9-18(28-30)15-5-3-4-13-10-25-7-6-14(13)15/h3-7,9-11,17,19,26H,8H2,1-2H3. The summed E-state index contributed by atoms with van der Waals surface area (Å²) in [6.07, 6.45) is 0.596. The average Bonchev–Trinajstić information content (AvgIpc) is 3.28. The minimum atomic E-state index is -4.42. The van der Waals surface area contributed by atoms with E-state index in [-0.39, 0.29) is 6.42 Å². The van der Waals surface area contributed by atoms with Crippen LogP contribution in [0.4, 0.5) is 19.0 Å². The van der Waals surface area contributed by atoms with Gasteiger partial charge in [0.05, 0.1) is 17.4 Å². The lowest BCUT2D eigenvalue weighted by Crippen LogP contribution is -2.35. The molecule has 0 fully saturated rings. The molecule has 0 saturated heterocycles. The summed E-state index contributed by atoms with van der Waals surface area (Å²) < 4.78 is 44.6. The Labute approximate surface area is 170 Å². The highest BCUT2D eigenvalue weighted by molar-refractivity contribution is 5.95. The van der Waals surface area contributed by atoms with Gasteiger partial charge in [0.15, 0.2) is 6.04 Å². The third kappa shape index (κ3) is 3.01. The summed E-state index contributed by atoms with van der Waals surface area (Å²) in [5.74, 6) is 0.345. The molecule has 154 valence electrons. The molecule has 1 aliphatic heterocycles. The Morgan fingerprint density at radius 1 is 1.17 bits per heavy atom. The topological polar surface area (TPSA) is 60.6 Å². The van der Waals surface area contributed by atoms with Gasteiger partial charge in [0.1, 0.15) is 5.82 Å². The maximum atomic E-state index is 14.0. The predicted molar refractivity (Wildman–Crippen MR) is 107 cm³/mol. The van der Waals surface area contributed by atoms with Crippen molar-refractivity contribution in [3.8, 4) is 11.3 Å². The first-order valence-corrected chi connectivity index (χ1v) is 9.57. The molecular weight excluding hydrogens is 393 g/mol. The third-order valence-electron chi connectivity index (χ3n) is 5.57. The molecule has 2 atom stereocenters. The van der Waals surface area contributed by atoms with E-state index in [9.17, 15) is 13.2 Å². The summed E-state index contributed by atoms with van der Waals surface area (Å²) >= 11 is 0. The summed E-state index contributed by atoms with van der Waals surface area (Å²) in [5, 5.41) is 13.7. The molecule has 3 aromatic heterocycles. The van der Waals surface area contributed by atoms with Gasteiger partial charge < -0.3 is 5.32 Å². The number of nitrogens with zero attached hydrogens (tertiary/aromatic N) is 5. The maximum absolute atomic E-state index is 14.0. The molecule has 1 N–H and O–H groups in total. The maximum Gasteiger partial charge on any atom is 0.410 e. The lowest BCUT2D eigenvalue weighted by molar-refractivity contribution is -0.173. The van der Waals surface area contributed by atoms with E-state index in [2.05, 4.69) is 20.5 Å². The minimum absolute atomic E-state index is 0.149. The van der Waals surface area contributed by atoms with E-state index >= 15 is 0 Å². The molecule has 0 amide bonds. The molecule has 0 spiro atoms. The molecule has 9 heteroatoms. The van der Waals surface area contributed by atoms with Crippen LogP contribution in [0.2, 0.25) is 0 Å². The fourth-order valence-electron chi connectivity index (χ4n) is 4.21. The molecule has 0 bridgehead atoms. The van der Waals surface area contributed by atoms with Gasteiger partial charge in [-0.3, -0.25) is 9.67 Å². The highest BCUT2D eigenvalue weighted by Crippen LogP contribution is 2.45. The van der Waals surface area contributed by atoms with E-state index in [1.807, 2.05) is 24.3 Å². The number of hydrogen-bond donors (Lipinski definition) is 1. The van der Waals surface area contributed by atoms with Crippen LogP contribution in [-0.4, -0.2) is 30.7 Å². The van der Waals surface area contributed by atoms with E-state index in [4.69, 9.17) is 0 Å². The van der Waals surface area contributed by atoms with Crippen LogP contribution >= 0.6 is 0 Å². The lowest BCUT2D eigenvalue weighted by Gasteiger charge is -2.33. The van der Waals surface area contributed by atoms with Crippen LogP contribution in [0, 0.1) is 6.92 Å². The van der Waals surface area contributed by atoms with Crippen molar-refractivity contribution in [2.24, 2.45) is 7.05 Å². The second-order valence-electron chi connectivity index (χ2n) is 7.60. The Hall–Kier alpha value is -3.36. The second kappa shape index (κ2) is 6.58. The second-order valence-corrected chi connectivity index (χ2v) is 7.60. The Balaban J connectivity index is 1.63. The Morgan fingerprint density at radius 3 is 2.73 bits per heavy atom. The molecule has 1 aromatic carbocycles. The van der Waals surface area contributed by atoms with Gasteiger partial charge in [0, 0.05) is 54.6 Å². The van der Waals surface area contributed by atoms with Crippen molar-refractivity contribution in [2.75, 3.05) is 5.32 Å².